The van der Waals surface area contributed by atoms with Crippen LogP contribution < -0.4 is 10.5 Å². The summed E-state index contributed by atoms with van der Waals surface area (Å²) in [5.41, 5.74) is 6.68. The second-order valence-corrected chi connectivity index (χ2v) is 6.54. The molecule has 1 aromatic rings. The van der Waals surface area contributed by atoms with Crippen molar-refractivity contribution < 1.29 is 4.74 Å². The highest BCUT2D eigenvalue weighted by Gasteiger charge is 2.13. The molecule has 1 fully saturated rings. The zero-order valence-corrected chi connectivity index (χ0v) is 13.7. The average molecular weight is 306 g/mol. The van der Waals surface area contributed by atoms with Gasteiger partial charge in [-0.05, 0) is 56.0 Å². The van der Waals surface area contributed by atoms with E-state index in [0.29, 0.717) is 11.4 Å². The molecule has 0 aromatic heterocycles. The van der Waals surface area contributed by atoms with E-state index in [-0.39, 0.29) is 0 Å². The molecule has 0 saturated carbocycles. The fraction of sp³-hybridized carbons (Fsp3) is 0.588. The van der Waals surface area contributed by atoms with Crippen LogP contribution in [0.1, 0.15) is 31.7 Å². The second kappa shape index (κ2) is 8.35. The molecule has 0 bridgehead atoms. The number of thiocarbonyl (C=S) groups is 1. The van der Waals surface area contributed by atoms with E-state index in [0.717, 1.165) is 30.4 Å². The molecule has 116 valence electrons. The van der Waals surface area contributed by atoms with Gasteiger partial charge in [0, 0.05) is 13.0 Å². The molecule has 3 nitrogen and oxygen atoms in total. The third kappa shape index (κ3) is 6.02. The van der Waals surface area contributed by atoms with Crippen LogP contribution in [0.5, 0.6) is 5.75 Å². The monoisotopic (exact) mass is 306 g/mol. The third-order valence-electron chi connectivity index (χ3n) is 4.09. The normalized spacial score (nSPS) is 20.0. The van der Waals surface area contributed by atoms with Crippen LogP contribution in [0.2, 0.25) is 0 Å². The molecule has 1 atom stereocenters. The van der Waals surface area contributed by atoms with Crippen LogP contribution in [0.4, 0.5) is 0 Å². The zero-order valence-electron chi connectivity index (χ0n) is 12.9. The van der Waals surface area contributed by atoms with Crippen molar-refractivity contribution in [2.45, 2.75) is 32.6 Å². The Kier molecular flexibility index (Phi) is 6.46. The van der Waals surface area contributed by atoms with Gasteiger partial charge in [-0.2, -0.15) is 0 Å². The van der Waals surface area contributed by atoms with Crippen LogP contribution in [0.15, 0.2) is 24.3 Å². The van der Waals surface area contributed by atoms with E-state index < -0.39 is 0 Å². The Morgan fingerprint density at radius 3 is 2.76 bits per heavy atom. The van der Waals surface area contributed by atoms with Crippen molar-refractivity contribution in [2.75, 3.05) is 26.2 Å². The molecule has 2 N–H and O–H groups in total. The molecule has 0 aliphatic carbocycles. The van der Waals surface area contributed by atoms with Crippen molar-refractivity contribution >= 4 is 17.2 Å². The second-order valence-electron chi connectivity index (χ2n) is 6.01. The van der Waals surface area contributed by atoms with E-state index in [1.54, 1.807) is 0 Å². The number of likely N-dealkylation sites (tertiary alicyclic amines) is 1. The first-order chi connectivity index (χ1) is 10.1. The summed E-state index contributed by atoms with van der Waals surface area (Å²) < 4.78 is 5.83. The first-order valence-corrected chi connectivity index (χ1v) is 8.26. The fourth-order valence-corrected chi connectivity index (χ4v) is 2.91. The third-order valence-corrected chi connectivity index (χ3v) is 4.23. The lowest BCUT2D eigenvalue weighted by Gasteiger charge is -2.20. The minimum atomic E-state index is 0.527. The SMILES string of the molecule is CC1CCCN(CCOc2ccc(CC(N)=S)cc2)CC1. The van der Waals surface area contributed by atoms with E-state index in [1.165, 1.54) is 32.4 Å². The van der Waals surface area contributed by atoms with E-state index >= 15 is 0 Å². The smallest absolute Gasteiger partial charge is 0.119 e. The molecule has 1 aliphatic heterocycles. The van der Waals surface area contributed by atoms with E-state index in [4.69, 9.17) is 22.7 Å². The van der Waals surface area contributed by atoms with Gasteiger partial charge in [-0.25, -0.2) is 0 Å². The van der Waals surface area contributed by atoms with Gasteiger partial charge in [0.15, 0.2) is 0 Å². The van der Waals surface area contributed by atoms with Gasteiger partial charge in [-0.1, -0.05) is 31.3 Å². The zero-order chi connectivity index (χ0) is 15.1. The molecule has 1 heterocycles. The summed E-state index contributed by atoms with van der Waals surface area (Å²) in [4.78, 5) is 3.05. The van der Waals surface area contributed by atoms with E-state index in [2.05, 4.69) is 11.8 Å². The largest absolute Gasteiger partial charge is 0.492 e. The Labute approximate surface area is 133 Å². The van der Waals surface area contributed by atoms with Gasteiger partial charge in [0.05, 0.1) is 4.99 Å². The molecule has 0 amide bonds. The first kappa shape index (κ1) is 16.2. The van der Waals surface area contributed by atoms with Gasteiger partial charge in [0.2, 0.25) is 0 Å². The highest BCUT2D eigenvalue weighted by molar-refractivity contribution is 7.80. The van der Waals surface area contributed by atoms with Gasteiger partial charge in [0.25, 0.3) is 0 Å². The van der Waals surface area contributed by atoms with Crippen molar-refractivity contribution in [2.24, 2.45) is 11.7 Å². The molecule has 1 aromatic carbocycles. The van der Waals surface area contributed by atoms with Gasteiger partial charge in [-0.15, -0.1) is 0 Å². The van der Waals surface area contributed by atoms with Gasteiger partial charge >= 0.3 is 0 Å². The van der Waals surface area contributed by atoms with Gasteiger partial charge in [0.1, 0.15) is 12.4 Å². The summed E-state index contributed by atoms with van der Waals surface area (Å²) in [6, 6.07) is 8.06. The summed E-state index contributed by atoms with van der Waals surface area (Å²) in [6.07, 6.45) is 4.64. The van der Waals surface area contributed by atoms with Crippen LogP contribution in [-0.4, -0.2) is 36.1 Å². The number of rotatable bonds is 6. The Morgan fingerprint density at radius 2 is 2.05 bits per heavy atom. The highest BCUT2D eigenvalue weighted by atomic mass is 32.1. The summed E-state index contributed by atoms with van der Waals surface area (Å²) >= 11 is 4.91. The summed E-state index contributed by atoms with van der Waals surface area (Å²) in [7, 11) is 0. The number of hydrogen-bond acceptors (Lipinski definition) is 3. The summed E-state index contributed by atoms with van der Waals surface area (Å²) in [5, 5.41) is 0. The van der Waals surface area contributed by atoms with Crippen molar-refractivity contribution in [3.63, 3.8) is 0 Å². The lowest BCUT2D eigenvalue weighted by molar-refractivity contribution is 0.212. The minimum absolute atomic E-state index is 0.527. The Balaban J connectivity index is 1.71. The van der Waals surface area contributed by atoms with Crippen molar-refractivity contribution in [1.82, 2.24) is 4.90 Å². The highest BCUT2D eigenvalue weighted by Crippen LogP contribution is 2.17. The lowest BCUT2D eigenvalue weighted by Crippen LogP contribution is -2.29. The molecule has 21 heavy (non-hydrogen) atoms. The lowest BCUT2D eigenvalue weighted by atomic mass is 10.0. The number of benzene rings is 1. The minimum Gasteiger partial charge on any atom is -0.492 e. The molecule has 0 radical (unpaired) electrons. The maximum absolute atomic E-state index is 5.83. The van der Waals surface area contributed by atoms with Crippen LogP contribution in [0, 0.1) is 5.92 Å². The van der Waals surface area contributed by atoms with E-state index in [9.17, 15) is 0 Å². The number of ether oxygens (including phenoxy) is 1. The van der Waals surface area contributed by atoms with Crippen LogP contribution in [0.3, 0.4) is 0 Å². The maximum atomic E-state index is 5.83. The van der Waals surface area contributed by atoms with Crippen molar-refractivity contribution in [3.05, 3.63) is 29.8 Å². The van der Waals surface area contributed by atoms with Gasteiger partial charge < -0.3 is 10.5 Å². The van der Waals surface area contributed by atoms with Crippen LogP contribution in [-0.2, 0) is 6.42 Å². The molecule has 2 rings (SSSR count). The maximum Gasteiger partial charge on any atom is 0.119 e. The van der Waals surface area contributed by atoms with Crippen LogP contribution >= 0.6 is 12.2 Å². The number of hydrogen-bond donors (Lipinski definition) is 1. The van der Waals surface area contributed by atoms with Crippen LogP contribution in [0.25, 0.3) is 0 Å². The topological polar surface area (TPSA) is 38.5 Å². The Hall–Kier alpha value is -1.13. The summed E-state index contributed by atoms with van der Waals surface area (Å²) in [5.74, 6) is 1.79. The predicted molar refractivity (Wildman–Crippen MR) is 91.9 cm³/mol. The molecular weight excluding hydrogens is 280 g/mol. The summed E-state index contributed by atoms with van der Waals surface area (Å²) in [6.45, 7) is 6.54. The molecule has 1 aliphatic rings. The average Bonchev–Trinajstić information content (AvgIpc) is 2.65. The van der Waals surface area contributed by atoms with Crippen molar-refractivity contribution in [1.29, 1.82) is 0 Å². The number of nitrogens with zero attached hydrogens (tertiary/aromatic N) is 1. The molecular formula is C17H26N2OS. The standard InChI is InChI=1S/C17H26N2OS/c1-14-3-2-9-19(10-8-14)11-12-20-16-6-4-15(5-7-16)13-17(18)21/h4-7,14H,2-3,8-13H2,1H3,(H2,18,21). The fourth-order valence-electron chi connectivity index (χ4n) is 2.74. The first-order valence-electron chi connectivity index (χ1n) is 7.86. The Morgan fingerprint density at radius 1 is 1.29 bits per heavy atom. The molecule has 4 heteroatoms. The Bertz CT molecular complexity index is 447. The molecule has 1 unspecified atom stereocenters. The molecule has 1 saturated heterocycles. The molecule has 0 spiro atoms. The quantitative estimate of drug-likeness (QED) is 0.820. The predicted octanol–water partition coefficient (Wildman–Crippen LogP) is 3.02. The van der Waals surface area contributed by atoms with Gasteiger partial charge in [-0.3, -0.25) is 4.90 Å². The van der Waals surface area contributed by atoms with E-state index in [1.807, 2.05) is 24.3 Å². The number of nitrogens with two attached hydrogens (primary N) is 1. The van der Waals surface area contributed by atoms with Crippen molar-refractivity contribution in [3.8, 4) is 5.75 Å².